The molecule has 2 aliphatic rings. The molecule has 0 amide bonds. The lowest BCUT2D eigenvalue weighted by molar-refractivity contribution is -0.150. The van der Waals surface area contributed by atoms with Crippen LogP contribution < -0.4 is 0 Å². The third kappa shape index (κ3) is 1.34. The van der Waals surface area contributed by atoms with E-state index in [-0.39, 0.29) is 0 Å². The highest BCUT2D eigenvalue weighted by Crippen LogP contribution is 2.69. The van der Waals surface area contributed by atoms with Crippen LogP contribution in [-0.2, 0) is 10.2 Å². The molecule has 2 fully saturated rings. The highest BCUT2D eigenvalue weighted by molar-refractivity contribution is 9.10. The molecule has 0 unspecified atom stereocenters. The molecule has 0 aliphatic heterocycles. The van der Waals surface area contributed by atoms with Gasteiger partial charge in [-0.1, -0.05) is 28.1 Å². The number of aliphatic carboxylic acids is 1. The highest BCUT2D eigenvalue weighted by Gasteiger charge is 2.64. The van der Waals surface area contributed by atoms with Gasteiger partial charge < -0.3 is 5.11 Å². The second kappa shape index (κ2) is 3.10. The second-order valence-corrected chi connectivity index (χ2v) is 6.17. The van der Waals surface area contributed by atoms with Crippen LogP contribution in [0.15, 0.2) is 28.7 Å². The Morgan fingerprint density at radius 3 is 2.50 bits per heavy atom. The van der Waals surface area contributed by atoms with Gasteiger partial charge in [0, 0.05) is 4.47 Å². The van der Waals surface area contributed by atoms with Crippen molar-refractivity contribution in [2.24, 2.45) is 5.41 Å². The summed E-state index contributed by atoms with van der Waals surface area (Å²) >= 11 is 3.41. The summed E-state index contributed by atoms with van der Waals surface area (Å²) in [5.41, 5.74) is 0.730. The second-order valence-electron chi connectivity index (χ2n) is 5.25. The molecule has 0 aromatic heterocycles. The van der Waals surface area contributed by atoms with E-state index in [0.717, 1.165) is 22.9 Å². The molecular weight excluding hydrogens is 268 g/mol. The van der Waals surface area contributed by atoms with Gasteiger partial charge in [-0.05, 0) is 48.8 Å². The van der Waals surface area contributed by atoms with Crippen molar-refractivity contribution in [3.05, 3.63) is 34.3 Å². The largest absolute Gasteiger partial charge is 0.481 e. The molecule has 84 valence electrons. The number of rotatable bonds is 2. The maximum absolute atomic E-state index is 11.5. The molecule has 0 bridgehead atoms. The molecule has 1 N–H and O–H groups in total. The lowest BCUT2D eigenvalue weighted by atomic mass is 9.56. The van der Waals surface area contributed by atoms with E-state index in [1.165, 1.54) is 12.8 Å². The number of carboxylic acids is 1. The Hall–Kier alpha value is -0.830. The van der Waals surface area contributed by atoms with E-state index >= 15 is 0 Å². The van der Waals surface area contributed by atoms with Crippen LogP contribution in [-0.4, -0.2) is 11.1 Å². The van der Waals surface area contributed by atoms with Crippen LogP contribution in [0.3, 0.4) is 0 Å². The zero-order chi connectivity index (χ0) is 11.4. The minimum atomic E-state index is -0.664. The van der Waals surface area contributed by atoms with Gasteiger partial charge >= 0.3 is 5.97 Å². The minimum absolute atomic E-state index is 0.390. The van der Waals surface area contributed by atoms with Crippen LogP contribution in [0.1, 0.15) is 31.2 Å². The average molecular weight is 281 g/mol. The predicted molar refractivity (Wildman–Crippen MR) is 64.4 cm³/mol. The van der Waals surface area contributed by atoms with Crippen molar-refractivity contribution in [2.75, 3.05) is 0 Å². The predicted octanol–water partition coefficient (Wildman–Crippen LogP) is 3.35. The molecule has 1 aromatic rings. The van der Waals surface area contributed by atoms with Gasteiger partial charge in [-0.3, -0.25) is 4.79 Å². The van der Waals surface area contributed by atoms with Gasteiger partial charge in [0.05, 0.1) is 5.41 Å². The third-order valence-electron chi connectivity index (χ3n) is 4.10. The molecule has 1 aromatic carbocycles. The Bertz CT molecular complexity index is 455. The fourth-order valence-corrected chi connectivity index (χ4v) is 3.42. The smallest absolute Gasteiger partial charge is 0.314 e. The van der Waals surface area contributed by atoms with Crippen molar-refractivity contribution in [3.63, 3.8) is 0 Å². The van der Waals surface area contributed by atoms with Crippen LogP contribution in [0.25, 0.3) is 0 Å². The van der Waals surface area contributed by atoms with Gasteiger partial charge in [0.2, 0.25) is 0 Å². The Balaban J connectivity index is 1.98. The molecule has 3 rings (SSSR count). The number of hydrogen-bond donors (Lipinski definition) is 1. The van der Waals surface area contributed by atoms with Crippen LogP contribution in [0, 0.1) is 5.41 Å². The normalized spacial score (nSPS) is 23.8. The van der Waals surface area contributed by atoms with Gasteiger partial charge in [0.25, 0.3) is 0 Å². The van der Waals surface area contributed by atoms with E-state index in [4.69, 9.17) is 0 Å². The van der Waals surface area contributed by atoms with Crippen molar-refractivity contribution in [2.45, 2.75) is 31.1 Å². The van der Waals surface area contributed by atoms with Gasteiger partial charge in [0.15, 0.2) is 0 Å². The van der Waals surface area contributed by atoms with Gasteiger partial charge in [-0.25, -0.2) is 0 Å². The zero-order valence-electron chi connectivity index (χ0n) is 8.87. The molecule has 1 spiro atoms. The third-order valence-corrected chi connectivity index (χ3v) is 4.59. The maximum Gasteiger partial charge on any atom is 0.314 e. The average Bonchev–Trinajstić information content (AvgIpc) is 2.93. The lowest BCUT2D eigenvalue weighted by Gasteiger charge is -2.45. The molecule has 2 nitrogen and oxygen atoms in total. The first kappa shape index (κ1) is 10.3. The number of halogens is 1. The van der Waals surface area contributed by atoms with E-state index in [1.54, 1.807) is 0 Å². The van der Waals surface area contributed by atoms with Crippen LogP contribution >= 0.6 is 15.9 Å². The van der Waals surface area contributed by atoms with Gasteiger partial charge in [-0.15, -0.1) is 0 Å². The van der Waals surface area contributed by atoms with Crippen molar-refractivity contribution >= 4 is 21.9 Å². The van der Waals surface area contributed by atoms with E-state index in [1.807, 2.05) is 24.3 Å². The quantitative estimate of drug-likeness (QED) is 0.902. The van der Waals surface area contributed by atoms with Gasteiger partial charge in [-0.2, -0.15) is 0 Å². The Labute approximate surface area is 103 Å². The van der Waals surface area contributed by atoms with Crippen LogP contribution in [0.5, 0.6) is 0 Å². The first-order chi connectivity index (χ1) is 7.56. The molecule has 2 aliphatic carbocycles. The molecule has 0 radical (unpaired) electrons. The van der Waals surface area contributed by atoms with Crippen molar-refractivity contribution in [1.29, 1.82) is 0 Å². The topological polar surface area (TPSA) is 37.3 Å². The zero-order valence-corrected chi connectivity index (χ0v) is 10.5. The summed E-state index contributed by atoms with van der Waals surface area (Å²) in [6.07, 6.45) is 4.09. The summed E-state index contributed by atoms with van der Waals surface area (Å²) < 4.78 is 0.961. The number of carbonyl (C=O) groups is 1. The highest BCUT2D eigenvalue weighted by atomic mass is 79.9. The Morgan fingerprint density at radius 2 is 2.00 bits per heavy atom. The van der Waals surface area contributed by atoms with Crippen LogP contribution in [0.4, 0.5) is 0 Å². The number of carboxylic acid groups (broad SMARTS) is 1. The number of hydrogen-bond acceptors (Lipinski definition) is 1. The summed E-state index contributed by atoms with van der Waals surface area (Å²) in [7, 11) is 0. The molecule has 16 heavy (non-hydrogen) atoms. The summed E-state index contributed by atoms with van der Waals surface area (Å²) in [6.45, 7) is 0. The minimum Gasteiger partial charge on any atom is -0.481 e. The summed E-state index contributed by atoms with van der Waals surface area (Å²) in [5.74, 6) is -0.664. The fourth-order valence-electron chi connectivity index (χ4n) is 3.02. The molecule has 2 saturated carbocycles. The molecule has 0 atom stereocenters. The SMILES string of the molecule is O=C(O)C1(c2cccc(Br)c2)CC2(CC2)C1. The lowest BCUT2D eigenvalue weighted by Crippen LogP contribution is -2.49. The van der Waals surface area contributed by atoms with E-state index in [9.17, 15) is 9.90 Å². The molecular formula is C13H13BrO2. The molecule has 0 heterocycles. The van der Waals surface area contributed by atoms with E-state index < -0.39 is 11.4 Å². The number of benzene rings is 1. The monoisotopic (exact) mass is 280 g/mol. The van der Waals surface area contributed by atoms with E-state index in [2.05, 4.69) is 15.9 Å². The summed E-state index contributed by atoms with van der Waals surface area (Å²) in [6, 6.07) is 7.74. The van der Waals surface area contributed by atoms with Crippen LogP contribution in [0.2, 0.25) is 0 Å². The van der Waals surface area contributed by atoms with Crippen molar-refractivity contribution in [3.8, 4) is 0 Å². The first-order valence-electron chi connectivity index (χ1n) is 5.56. The Kier molecular flexibility index (Phi) is 2.00. The molecule has 0 saturated heterocycles. The van der Waals surface area contributed by atoms with Crippen molar-refractivity contribution in [1.82, 2.24) is 0 Å². The fraction of sp³-hybridized carbons (Fsp3) is 0.462. The summed E-state index contributed by atoms with van der Waals surface area (Å²) in [5, 5.41) is 9.47. The maximum atomic E-state index is 11.5. The van der Waals surface area contributed by atoms with Gasteiger partial charge in [0.1, 0.15) is 0 Å². The molecule has 3 heteroatoms. The van der Waals surface area contributed by atoms with E-state index in [0.29, 0.717) is 5.41 Å². The Morgan fingerprint density at radius 1 is 1.31 bits per heavy atom. The first-order valence-corrected chi connectivity index (χ1v) is 6.35. The summed E-state index contributed by atoms with van der Waals surface area (Å²) in [4.78, 5) is 11.5. The van der Waals surface area contributed by atoms with Crippen molar-refractivity contribution < 1.29 is 9.90 Å². The standard InChI is InChI=1S/C13H13BrO2/c14-10-3-1-2-9(6-10)13(11(15)16)7-12(8-13)4-5-12/h1-3,6H,4-5,7-8H2,(H,15,16).